The summed E-state index contributed by atoms with van der Waals surface area (Å²) in [6.45, 7) is 0. The second-order valence-corrected chi connectivity index (χ2v) is 6.56. The number of rotatable bonds is 4. The number of carbonyl (C=O) groups excluding carboxylic acids is 2. The maximum atomic E-state index is 12.4. The lowest BCUT2D eigenvalue weighted by molar-refractivity contribution is -0.384. The zero-order chi connectivity index (χ0) is 18.0. The number of H-pyrrole nitrogens is 1. The lowest BCUT2D eigenvalue weighted by atomic mass is 10.2. The maximum absolute atomic E-state index is 12.4. The number of thioether (sulfide) groups is 1. The minimum atomic E-state index is -0.590. The molecular formula is C15H10N4O4S2. The first-order valence-electron chi connectivity index (χ1n) is 6.92. The summed E-state index contributed by atoms with van der Waals surface area (Å²) in [5, 5.41) is 11.6. The van der Waals surface area contributed by atoms with Crippen molar-refractivity contribution in [3.63, 3.8) is 0 Å². The normalized spacial score (nSPS) is 15.7. The molecule has 0 saturated carbocycles. The smallest absolute Gasteiger partial charge is 0.285 e. The molecule has 1 fully saturated rings. The first kappa shape index (κ1) is 16.9. The highest BCUT2D eigenvalue weighted by Gasteiger charge is 2.33. The summed E-state index contributed by atoms with van der Waals surface area (Å²) >= 11 is 6.20. The lowest BCUT2D eigenvalue weighted by Crippen LogP contribution is -2.44. The molecule has 2 N–H and O–H groups in total. The Bertz CT molecular complexity index is 891. The summed E-state index contributed by atoms with van der Waals surface area (Å²) in [4.78, 5) is 38.0. The standard InChI is InChI=1S/C15H10N4O4S2/c20-13(9-3-5-11(6-4-9)19(22)23)17-18-14(21)12(25-15(18)24)8-10-2-1-7-16-10/h1-8,16H,(H,17,20). The topological polar surface area (TPSA) is 108 Å². The summed E-state index contributed by atoms with van der Waals surface area (Å²) in [5.74, 6) is -1.04. The number of nitrogens with one attached hydrogen (secondary N) is 2. The number of nitro groups is 1. The zero-order valence-corrected chi connectivity index (χ0v) is 14.1. The van der Waals surface area contributed by atoms with Gasteiger partial charge in [-0.1, -0.05) is 11.8 Å². The van der Waals surface area contributed by atoms with Crippen molar-refractivity contribution in [2.45, 2.75) is 0 Å². The van der Waals surface area contributed by atoms with E-state index in [0.717, 1.165) is 22.5 Å². The predicted molar refractivity (Wildman–Crippen MR) is 96.4 cm³/mol. The monoisotopic (exact) mass is 374 g/mol. The molecule has 126 valence electrons. The Morgan fingerprint density at radius 2 is 2.04 bits per heavy atom. The number of nitrogens with zero attached hydrogens (tertiary/aromatic N) is 2. The van der Waals surface area contributed by atoms with Crippen molar-refractivity contribution < 1.29 is 14.5 Å². The Morgan fingerprint density at radius 1 is 1.32 bits per heavy atom. The Balaban J connectivity index is 1.73. The van der Waals surface area contributed by atoms with Crippen molar-refractivity contribution in [1.29, 1.82) is 0 Å². The highest BCUT2D eigenvalue weighted by Crippen LogP contribution is 2.31. The van der Waals surface area contributed by atoms with Gasteiger partial charge in [0.05, 0.1) is 9.83 Å². The van der Waals surface area contributed by atoms with E-state index in [1.165, 1.54) is 24.3 Å². The first-order chi connectivity index (χ1) is 12.0. The molecule has 2 amide bonds. The number of hydrogen-bond acceptors (Lipinski definition) is 6. The Morgan fingerprint density at radius 3 is 2.64 bits per heavy atom. The Labute approximate surface area is 151 Å². The molecule has 1 aromatic heterocycles. The van der Waals surface area contributed by atoms with Crippen LogP contribution in [0, 0.1) is 10.1 Å². The van der Waals surface area contributed by atoms with Crippen LogP contribution in [0.1, 0.15) is 16.1 Å². The van der Waals surface area contributed by atoms with Crippen molar-refractivity contribution in [1.82, 2.24) is 15.4 Å². The van der Waals surface area contributed by atoms with Crippen LogP contribution in [0.4, 0.5) is 5.69 Å². The maximum Gasteiger partial charge on any atom is 0.285 e. The Kier molecular flexibility index (Phi) is 4.63. The quantitative estimate of drug-likeness (QED) is 0.368. The molecule has 3 rings (SSSR count). The van der Waals surface area contributed by atoms with E-state index in [2.05, 4.69) is 10.4 Å². The van der Waals surface area contributed by atoms with E-state index in [-0.39, 0.29) is 15.6 Å². The number of non-ortho nitro benzene ring substituents is 1. The molecule has 0 spiro atoms. The highest BCUT2D eigenvalue weighted by molar-refractivity contribution is 8.26. The van der Waals surface area contributed by atoms with Crippen molar-refractivity contribution >= 4 is 51.9 Å². The number of aromatic amines is 1. The lowest BCUT2D eigenvalue weighted by Gasteiger charge is -2.15. The molecule has 2 aromatic rings. The van der Waals surface area contributed by atoms with Crippen LogP contribution in [0.5, 0.6) is 0 Å². The van der Waals surface area contributed by atoms with Crippen LogP contribution in [0.2, 0.25) is 0 Å². The molecule has 25 heavy (non-hydrogen) atoms. The van der Waals surface area contributed by atoms with E-state index >= 15 is 0 Å². The van der Waals surface area contributed by atoms with Gasteiger partial charge >= 0.3 is 0 Å². The van der Waals surface area contributed by atoms with Crippen LogP contribution in [0.3, 0.4) is 0 Å². The van der Waals surface area contributed by atoms with Crippen LogP contribution in [-0.4, -0.2) is 31.1 Å². The zero-order valence-electron chi connectivity index (χ0n) is 12.5. The van der Waals surface area contributed by atoms with E-state index in [1.54, 1.807) is 24.4 Å². The van der Waals surface area contributed by atoms with Crippen molar-refractivity contribution in [2.24, 2.45) is 0 Å². The van der Waals surface area contributed by atoms with Crippen molar-refractivity contribution in [3.8, 4) is 0 Å². The van der Waals surface area contributed by atoms with Gasteiger partial charge in [-0.05, 0) is 42.6 Å². The number of benzene rings is 1. The SMILES string of the molecule is O=C(NN1C(=O)C(=Cc2ccc[nH]2)SC1=S)c1ccc([N+](=O)[O-])cc1. The number of aromatic nitrogens is 1. The number of nitro benzene ring substituents is 1. The second-order valence-electron chi connectivity index (χ2n) is 4.89. The average Bonchev–Trinajstić information content (AvgIpc) is 3.19. The number of amides is 2. The summed E-state index contributed by atoms with van der Waals surface area (Å²) in [6, 6.07) is 8.62. The number of hydrazine groups is 1. The van der Waals surface area contributed by atoms with Gasteiger partial charge in [-0.3, -0.25) is 25.1 Å². The molecule has 2 heterocycles. The highest BCUT2D eigenvalue weighted by atomic mass is 32.2. The summed E-state index contributed by atoms with van der Waals surface area (Å²) in [6.07, 6.45) is 3.36. The first-order valence-corrected chi connectivity index (χ1v) is 8.15. The second kappa shape index (κ2) is 6.87. The van der Waals surface area contributed by atoms with E-state index in [0.29, 0.717) is 4.91 Å². The molecule has 1 aliphatic heterocycles. The molecule has 0 bridgehead atoms. The molecule has 0 radical (unpaired) electrons. The minimum absolute atomic E-state index is 0.129. The van der Waals surface area contributed by atoms with E-state index < -0.39 is 16.7 Å². The molecule has 8 nitrogen and oxygen atoms in total. The summed E-state index contributed by atoms with van der Waals surface area (Å²) < 4.78 is 0.193. The fraction of sp³-hybridized carbons (Fsp3) is 0. The molecule has 1 aliphatic rings. The van der Waals surface area contributed by atoms with Gasteiger partial charge in [0, 0.05) is 29.6 Å². The van der Waals surface area contributed by atoms with Gasteiger partial charge in [0.2, 0.25) is 0 Å². The van der Waals surface area contributed by atoms with Crippen LogP contribution in [0.15, 0.2) is 47.5 Å². The van der Waals surface area contributed by atoms with Crippen LogP contribution >= 0.6 is 24.0 Å². The van der Waals surface area contributed by atoms with E-state index in [1.807, 2.05) is 0 Å². The fourth-order valence-electron chi connectivity index (χ4n) is 2.04. The molecule has 0 aliphatic carbocycles. The predicted octanol–water partition coefficient (Wildman–Crippen LogP) is 2.47. The molecule has 0 atom stereocenters. The van der Waals surface area contributed by atoms with Crippen molar-refractivity contribution in [2.75, 3.05) is 0 Å². The van der Waals surface area contributed by atoms with Gasteiger partial charge in [-0.15, -0.1) is 0 Å². The van der Waals surface area contributed by atoms with Gasteiger partial charge in [-0.25, -0.2) is 0 Å². The van der Waals surface area contributed by atoms with Gasteiger partial charge in [0.25, 0.3) is 17.5 Å². The third-order valence-electron chi connectivity index (χ3n) is 3.26. The molecular weight excluding hydrogens is 364 g/mol. The fourth-order valence-corrected chi connectivity index (χ4v) is 3.21. The third kappa shape index (κ3) is 3.59. The molecule has 10 heteroatoms. The van der Waals surface area contributed by atoms with Crippen LogP contribution in [0.25, 0.3) is 6.08 Å². The number of carbonyl (C=O) groups is 2. The minimum Gasteiger partial charge on any atom is -0.362 e. The van der Waals surface area contributed by atoms with Gasteiger partial charge in [0.15, 0.2) is 4.32 Å². The molecule has 0 unspecified atom stereocenters. The van der Waals surface area contributed by atoms with Gasteiger partial charge in [-0.2, -0.15) is 5.01 Å². The van der Waals surface area contributed by atoms with Crippen molar-refractivity contribution in [3.05, 3.63) is 68.9 Å². The largest absolute Gasteiger partial charge is 0.362 e. The Hall–Kier alpha value is -2.98. The van der Waals surface area contributed by atoms with Crippen LogP contribution < -0.4 is 5.43 Å². The van der Waals surface area contributed by atoms with Crippen LogP contribution in [-0.2, 0) is 4.79 Å². The molecule has 1 aromatic carbocycles. The number of hydrogen-bond donors (Lipinski definition) is 2. The summed E-state index contributed by atoms with van der Waals surface area (Å²) in [5.41, 5.74) is 3.20. The average molecular weight is 374 g/mol. The third-order valence-corrected chi connectivity index (χ3v) is 4.56. The number of thiocarbonyl (C=S) groups is 1. The van der Waals surface area contributed by atoms with E-state index in [4.69, 9.17) is 12.2 Å². The summed E-state index contributed by atoms with van der Waals surface area (Å²) in [7, 11) is 0. The van der Waals surface area contributed by atoms with Gasteiger partial charge in [0.1, 0.15) is 0 Å². The molecule has 1 saturated heterocycles. The van der Waals surface area contributed by atoms with E-state index in [9.17, 15) is 19.7 Å². The van der Waals surface area contributed by atoms with Gasteiger partial charge < -0.3 is 4.98 Å².